The Labute approximate surface area is 136 Å². The number of hydrogen-bond donors (Lipinski definition) is 0. The van der Waals surface area contributed by atoms with Crippen LogP contribution in [0.2, 0.25) is 5.02 Å². The van der Waals surface area contributed by atoms with Crippen LogP contribution in [0, 0.1) is 5.82 Å². The van der Waals surface area contributed by atoms with E-state index >= 15 is 0 Å². The molecule has 1 aromatic heterocycles. The summed E-state index contributed by atoms with van der Waals surface area (Å²) in [6.45, 7) is 0.0400. The van der Waals surface area contributed by atoms with Gasteiger partial charge in [0.25, 0.3) is 5.89 Å². The molecule has 0 bridgehead atoms. The van der Waals surface area contributed by atoms with E-state index in [9.17, 15) is 4.39 Å². The summed E-state index contributed by atoms with van der Waals surface area (Å²) in [7, 11) is 0. The monoisotopic (exact) mass is 331 g/mol. The zero-order valence-corrected chi connectivity index (χ0v) is 12.6. The lowest BCUT2D eigenvalue weighted by molar-refractivity contribution is 0.107. The summed E-state index contributed by atoms with van der Waals surface area (Å²) in [6.07, 6.45) is 1.55. The molecule has 1 heterocycles. The second-order valence-electron chi connectivity index (χ2n) is 4.58. The van der Waals surface area contributed by atoms with Crippen LogP contribution in [0.5, 0.6) is 0 Å². The van der Waals surface area contributed by atoms with Crippen molar-refractivity contribution >= 4 is 17.8 Å². The molecule has 3 aromatic rings. The predicted octanol–water partition coefficient (Wildman–Crippen LogP) is 4.08. The Hall–Kier alpha value is -2.73. The topological polar surface area (TPSA) is 60.5 Å². The SMILES string of the molecule is Fc1ccc(-c2noc(CO/N=C\c3ccc(Cl)cc3)n2)cc1. The summed E-state index contributed by atoms with van der Waals surface area (Å²) >= 11 is 5.79. The van der Waals surface area contributed by atoms with Crippen LogP contribution in [0.15, 0.2) is 58.2 Å². The molecular formula is C16H11ClFN3O2. The summed E-state index contributed by atoms with van der Waals surface area (Å²) in [5.74, 6) is 0.320. The Morgan fingerprint density at radius 2 is 1.87 bits per heavy atom. The van der Waals surface area contributed by atoms with Crippen LogP contribution in [-0.2, 0) is 11.4 Å². The summed E-state index contributed by atoms with van der Waals surface area (Å²) in [4.78, 5) is 9.25. The first-order valence-electron chi connectivity index (χ1n) is 6.70. The summed E-state index contributed by atoms with van der Waals surface area (Å²) in [5.41, 5.74) is 1.51. The fourth-order valence-electron chi connectivity index (χ4n) is 1.77. The maximum atomic E-state index is 12.9. The Morgan fingerprint density at radius 1 is 1.13 bits per heavy atom. The second kappa shape index (κ2) is 7.02. The first-order valence-corrected chi connectivity index (χ1v) is 7.08. The molecule has 0 spiro atoms. The van der Waals surface area contributed by atoms with Crippen LogP contribution >= 0.6 is 11.6 Å². The van der Waals surface area contributed by atoms with Crippen molar-refractivity contribution in [3.8, 4) is 11.4 Å². The lowest BCUT2D eigenvalue weighted by atomic mass is 10.2. The van der Waals surface area contributed by atoms with Gasteiger partial charge in [0.1, 0.15) is 5.82 Å². The van der Waals surface area contributed by atoms with Crippen molar-refractivity contribution in [3.63, 3.8) is 0 Å². The zero-order chi connectivity index (χ0) is 16.1. The molecule has 0 unspecified atom stereocenters. The highest BCUT2D eigenvalue weighted by Crippen LogP contribution is 2.16. The van der Waals surface area contributed by atoms with E-state index in [-0.39, 0.29) is 18.3 Å². The number of aromatic nitrogens is 2. The molecule has 23 heavy (non-hydrogen) atoms. The van der Waals surface area contributed by atoms with Crippen LogP contribution in [0.4, 0.5) is 4.39 Å². The number of oxime groups is 1. The maximum Gasteiger partial charge on any atom is 0.267 e. The highest BCUT2D eigenvalue weighted by molar-refractivity contribution is 6.30. The molecule has 7 heteroatoms. The molecule has 0 radical (unpaired) electrons. The number of rotatable bonds is 5. The van der Waals surface area contributed by atoms with E-state index in [1.807, 2.05) is 12.1 Å². The first kappa shape index (κ1) is 15.2. The van der Waals surface area contributed by atoms with Gasteiger partial charge in [0.05, 0.1) is 6.21 Å². The molecule has 5 nitrogen and oxygen atoms in total. The van der Waals surface area contributed by atoms with Gasteiger partial charge in [0.2, 0.25) is 5.82 Å². The third-order valence-electron chi connectivity index (χ3n) is 2.90. The maximum absolute atomic E-state index is 12.9. The fraction of sp³-hybridized carbons (Fsp3) is 0.0625. The van der Waals surface area contributed by atoms with Gasteiger partial charge in [-0.2, -0.15) is 4.98 Å². The van der Waals surface area contributed by atoms with E-state index in [1.54, 1.807) is 30.5 Å². The Balaban J connectivity index is 1.57. The van der Waals surface area contributed by atoms with Gasteiger partial charge in [0.15, 0.2) is 6.61 Å². The van der Waals surface area contributed by atoms with Crippen LogP contribution in [0.3, 0.4) is 0 Å². The smallest absolute Gasteiger partial charge is 0.267 e. The van der Waals surface area contributed by atoms with E-state index in [4.69, 9.17) is 21.0 Å². The largest absolute Gasteiger partial charge is 0.386 e. The third-order valence-corrected chi connectivity index (χ3v) is 3.16. The molecular weight excluding hydrogens is 321 g/mol. The minimum atomic E-state index is -0.322. The molecule has 0 atom stereocenters. The van der Waals surface area contributed by atoms with Gasteiger partial charge < -0.3 is 9.36 Å². The number of halogens is 2. The van der Waals surface area contributed by atoms with Crippen molar-refractivity contribution < 1.29 is 13.8 Å². The minimum Gasteiger partial charge on any atom is -0.386 e. The van der Waals surface area contributed by atoms with Crippen molar-refractivity contribution in [1.82, 2.24) is 10.1 Å². The summed E-state index contributed by atoms with van der Waals surface area (Å²) < 4.78 is 17.9. The Bertz CT molecular complexity index is 801. The van der Waals surface area contributed by atoms with Gasteiger partial charge in [-0.05, 0) is 42.0 Å². The highest BCUT2D eigenvalue weighted by Gasteiger charge is 2.08. The molecule has 116 valence electrons. The van der Waals surface area contributed by atoms with Crippen molar-refractivity contribution in [2.24, 2.45) is 5.16 Å². The minimum absolute atomic E-state index is 0.0400. The van der Waals surface area contributed by atoms with Crippen molar-refractivity contribution in [1.29, 1.82) is 0 Å². The molecule has 3 rings (SSSR count). The van der Waals surface area contributed by atoms with E-state index < -0.39 is 0 Å². The molecule has 0 aliphatic heterocycles. The van der Waals surface area contributed by atoms with Crippen LogP contribution < -0.4 is 0 Å². The van der Waals surface area contributed by atoms with Crippen molar-refractivity contribution in [2.45, 2.75) is 6.61 Å². The first-order chi connectivity index (χ1) is 11.2. The molecule has 0 fully saturated rings. The zero-order valence-electron chi connectivity index (χ0n) is 11.8. The van der Waals surface area contributed by atoms with E-state index in [1.165, 1.54) is 12.1 Å². The normalized spacial score (nSPS) is 11.0. The van der Waals surface area contributed by atoms with Gasteiger partial charge in [0, 0.05) is 10.6 Å². The summed E-state index contributed by atoms with van der Waals surface area (Å²) in [5, 5.41) is 8.28. The van der Waals surface area contributed by atoms with E-state index in [2.05, 4.69) is 15.3 Å². The lowest BCUT2D eigenvalue weighted by Gasteiger charge is -1.95. The average Bonchev–Trinajstić information content (AvgIpc) is 3.03. The van der Waals surface area contributed by atoms with Gasteiger partial charge >= 0.3 is 0 Å². The molecule has 0 amide bonds. The Kier molecular flexibility index (Phi) is 4.63. The lowest BCUT2D eigenvalue weighted by Crippen LogP contribution is -1.89. The van der Waals surface area contributed by atoms with Gasteiger partial charge in [-0.15, -0.1) is 0 Å². The van der Waals surface area contributed by atoms with Crippen LogP contribution in [0.1, 0.15) is 11.5 Å². The van der Waals surface area contributed by atoms with Crippen molar-refractivity contribution in [2.75, 3.05) is 0 Å². The third kappa shape index (κ3) is 4.14. The quantitative estimate of drug-likeness (QED) is 0.522. The van der Waals surface area contributed by atoms with Gasteiger partial charge in [-0.3, -0.25) is 0 Å². The highest BCUT2D eigenvalue weighted by atomic mass is 35.5. The predicted molar refractivity (Wildman–Crippen MR) is 83.5 cm³/mol. The van der Waals surface area contributed by atoms with E-state index in [0.29, 0.717) is 16.4 Å². The van der Waals surface area contributed by atoms with Crippen LogP contribution in [0.25, 0.3) is 11.4 Å². The molecule has 2 aromatic carbocycles. The standard InChI is InChI=1S/C16H11ClFN3O2/c17-13-5-1-11(2-6-13)9-19-22-10-15-20-16(21-23-15)12-3-7-14(18)8-4-12/h1-9H,10H2/b19-9-. The van der Waals surface area contributed by atoms with Crippen molar-refractivity contribution in [3.05, 3.63) is 70.8 Å². The summed E-state index contributed by atoms with van der Waals surface area (Å²) in [6, 6.07) is 13.0. The van der Waals surface area contributed by atoms with E-state index in [0.717, 1.165) is 5.56 Å². The van der Waals surface area contributed by atoms with Gasteiger partial charge in [-0.25, -0.2) is 4.39 Å². The molecule has 0 aliphatic carbocycles. The Morgan fingerprint density at radius 3 is 2.61 bits per heavy atom. The second-order valence-corrected chi connectivity index (χ2v) is 5.01. The number of nitrogens with zero attached hydrogens (tertiary/aromatic N) is 3. The number of benzene rings is 2. The molecule has 0 saturated carbocycles. The number of hydrogen-bond acceptors (Lipinski definition) is 5. The van der Waals surface area contributed by atoms with Crippen LogP contribution in [-0.4, -0.2) is 16.4 Å². The van der Waals surface area contributed by atoms with Gasteiger partial charge in [-0.1, -0.05) is 34.0 Å². The molecule has 0 saturated heterocycles. The molecule has 0 N–H and O–H groups in total. The molecule has 0 aliphatic rings. The fourth-order valence-corrected chi connectivity index (χ4v) is 1.90. The average molecular weight is 332 g/mol.